The number of fused-ring (bicyclic) bond motifs is 1. The molecule has 0 spiro atoms. The van der Waals surface area contributed by atoms with Crippen molar-refractivity contribution in [1.82, 2.24) is 14.4 Å². The van der Waals surface area contributed by atoms with Gasteiger partial charge in [0.2, 0.25) is 0 Å². The summed E-state index contributed by atoms with van der Waals surface area (Å²) in [5, 5.41) is 12.2. The standard InChI is InChI=1S/C14H20N6/c1-4-5-16-12-10-20-7-6-17-13(20)14(18-12)19(3)9-11(2)8-15/h6-7,10-11,16H,4-5,9H2,1-3H3. The van der Waals surface area contributed by atoms with Crippen LogP contribution >= 0.6 is 0 Å². The van der Waals surface area contributed by atoms with Crippen LogP contribution in [0.1, 0.15) is 20.3 Å². The predicted octanol–water partition coefficient (Wildman–Crippen LogP) is 2.15. The van der Waals surface area contributed by atoms with E-state index in [4.69, 9.17) is 5.26 Å². The third kappa shape index (κ3) is 2.99. The van der Waals surface area contributed by atoms with E-state index in [9.17, 15) is 0 Å². The summed E-state index contributed by atoms with van der Waals surface area (Å²) in [7, 11) is 1.94. The maximum atomic E-state index is 8.94. The molecule has 0 radical (unpaired) electrons. The molecule has 20 heavy (non-hydrogen) atoms. The van der Waals surface area contributed by atoms with Crippen LogP contribution in [0, 0.1) is 17.2 Å². The first-order valence-corrected chi connectivity index (χ1v) is 6.84. The highest BCUT2D eigenvalue weighted by atomic mass is 15.2. The lowest BCUT2D eigenvalue weighted by Crippen LogP contribution is -2.25. The van der Waals surface area contributed by atoms with Gasteiger partial charge in [-0.2, -0.15) is 5.26 Å². The van der Waals surface area contributed by atoms with Gasteiger partial charge in [0.25, 0.3) is 0 Å². The highest BCUT2D eigenvalue weighted by molar-refractivity contribution is 5.66. The fourth-order valence-electron chi connectivity index (χ4n) is 2.05. The highest BCUT2D eigenvalue weighted by Crippen LogP contribution is 2.20. The summed E-state index contributed by atoms with van der Waals surface area (Å²) in [6.07, 6.45) is 6.63. The van der Waals surface area contributed by atoms with Crippen LogP contribution in [0.5, 0.6) is 0 Å². The van der Waals surface area contributed by atoms with Gasteiger partial charge in [-0.05, 0) is 13.3 Å². The third-order valence-corrected chi connectivity index (χ3v) is 3.04. The molecule has 2 heterocycles. The topological polar surface area (TPSA) is 69.2 Å². The van der Waals surface area contributed by atoms with Crippen LogP contribution in [0.3, 0.4) is 0 Å². The van der Waals surface area contributed by atoms with Crippen LogP contribution in [0.15, 0.2) is 18.6 Å². The number of hydrogen-bond donors (Lipinski definition) is 1. The lowest BCUT2D eigenvalue weighted by atomic mass is 10.2. The summed E-state index contributed by atoms with van der Waals surface area (Å²) in [6.45, 7) is 5.52. The normalized spacial score (nSPS) is 12.1. The Labute approximate surface area is 119 Å². The number of anilines is 2. The molecule has 1 N–H and O–H groups in total. The third-order valence-electron chi connectivity index (χ3n) is 3.04. The number of nitrogens with zero attached hydrogens (tertiary/aromatic N) is 5. The van der Waals surface area contributed by atoms with Gasteiger partial charge in [0.05, 0.1) is 18.2 Å². The zero-order valence-corrected chi connectivity index (χ0v) is 12.2. The Bertz CT molecular complexity index is 612. The molecule has 6 heteroatoms. The summed E-state index contributed by atoms with van der Waals surface area (Å²) < 4.78 is 1.95. The smallest absolute Gasteiger partial charge is 0.180 e. The molecule has 0 aliphatic carbocycles. The molecule has 2 aromatic heterocycles. The van der Waals surface area contributed by atoms with Crippen LogP contribution in [0.25, 0.3) is 5.65 Å². The number of aromatic nitrogens is 3. The highest BCUT2D eigenvalue weighted by Gasteiger charge is 2.14. The number of nitriles is 1. The Morgan fingerprint density at radius 2 is 2.35 bits per heavy atom. The first-order valence-electron chi connectivity index (χ1n) is 6.84. The van der Waals surface area contributed by atoms with E-state index < -0.39 is 0 Å². The van der Waals surface area contributed by atoms with E-state index in [1.807, 2.05) is 35.7 Å². The maximum absolute atomic E-state index is 8.94. The van der Waals surface area contributed by atoms with Gasteiger partial charge < -0.3 is 14.6 Å². The van der Waals surface area contributed by atoms with E-state index in [1.165, 1.54) is 0 Å². The number of imidazole rings is 1. The lowest BCUT2D eigenvalue weighted by Gasteiger charge is -2.20. The largest absolute Gasteiger partial charge is 0.369 e. The Kier molecular flexibility index (Phi) is 4.41. The zero-order valence-electron chi connectivity index (χ0n) is 12.2. The van der Waals surface area contributed by atoms with Gasteiger partial charge in [0, 0.05) is 32.5 Å². The Balaban J connectivity index is 2.34. The molecule has 1 atom stereocenters. The van der Waals surface area contributed by atoms with E-state index in [2.05, 4.69) is 28.3 Å². The molecule has 0 saturated carbocycles. The van der Waals surface area contributed by atoms with Crippen molar-refractivity contribution in [3.63, 3.8) is 0 Å². The van der Waals surface area contributed by atoms with Gasteiger partial charge in [-0.25, -0.2) is 9.97 Å². The SMILES string of the molecule is CCCNc1cn2ccnc2c(N(C)CC(C)C#N)n1. The average Bonchev–Trinajstić information content (AvgIpc) is 2.92. The second-order valence-corrected chi connectivity index (χ2v) is 4.95. The molecule has 0 aliphatic heterocycles. The molecule has 2 aromatic rings. The van der Waals surface area contributed by atoms with Crippen molar-refractivity contribution in [3.8, 4) is 6.07 Å². The molecule has 0 fully saturated rings. The minimum absolute atomic E-state index is 0.0518. The Morgan fingerprint density at radius 3 is 3.05 bits per heavy atom. The van der Waals surface area contributed by atoms with Gasteiger partial charge in [0.1, 0.15) is 5.82 Å². The van der Waals surface area contributed by atoms with Crippen LogP contribution in [-0.4, -0.2) is 34.5 Å². The van der Waals surface area contributed by atoms with Gasteiger partial charge in [0.15, 0.2) is 11.5 Å². The summed E-state index contributed by atoms with van der Waals surface area (Å²) in [5.41, 5.74) is 0.805. The molecule has 0 bridgehead atoms. The molecule has 106 valence electrons. The lowest BCUT2D eigenvalue weighted by molar-refractivity contribution is 0.710. The molecule has 0 saturated heterocycles. The number of rotatable bonds is 6. The van der Waals surface area contributed by atoms with E-state index in [0.29, 0.717) is 6.54 Å². The quantitative estimate of drug-likeness (QED) is 0.872. The van der Waals surface area contributed by atoms with Crippen LogP contribution < -0.4 is 10.2 Å². The van der Waals surface area contributed by atoms with Gasteiger partial charge >= 0.3 is 0 Å². The predicted molar refractivity (Wildman–Crippen MR) is 79.8 cm³/mol. The molecule has 6 nitrogen and oxygen atoms in total. The van der Waals surface area contributed by atoms with Gasteiger partial charge in [-0.15, -0.1) is 0 Å². The van der Waals surface area contributed by atoms with Crippen LogP contribution in [0.2, 0.25) is 0 Å². The molecule has 1 unspecified atom stereocenters. The summed E-state index contributed by atoms with van der Waals surface area (Å²) in [6, 6.07) is 2.24. The van der Waals surface area contributed by atoms with Crippen molar-refractivity contribution in [2.24, 2.45) is 5.92 Å². The van der Waals surface area contributed by atoms with E-state index in [0.717, 1.165) is 30.2 Å². The minimum atomic E-state index is -0.0518. The Morgan fingerprint density at radius 1 is 1.55 bits per heavy atom. The van der Waals surface area contributed by atoms with E-state index in [-0.39, 0.29) is 5.92 Å². The van der Waals surface area contributed by atoms with E-state index in [1.54, 1.807) is 6.20 Å². The summed E-state index contributed by atoms with van der Waals surface area (Å²) >= 11 is 0. The average molecular weight is 272 g/mol. The van der Waals surface area contributed by atoms with E-state index >= 15 is 0 Å². The van der Waals surface area contributed by atoms with Crippen LogP contribution in [-0.2, 0) is 0 Å². The fraction of sp³-hybridized carbons (Fsp3) is 0.500. The number of hydrogen-bond acceptors (Lipinski definition) is 5. The minimum Gasteiger partial charge on any atom is -0.369 e. The monoisotopic (exact) mass is 272 g/mol. The molecule has 0 aliphatic rings. The van der Waals surface area contributed by atoms with Crippen molar-refractivity contribution in [2.45, 2.75) is 20.3 Å². The summed E-state index contributed by atoms with van der Waals surface area (Å²) in [5.74, 6) is 1.56. The van der Waals surface area contributed by atoms with Crippen molar-refractivity contribution in [3.05, 3.63) is 18.6 Å². The van der Waals surface area contributed by atoms with Crippen molar-refractivity contribution in [1.29, 1.82) is 5.26 Å². The molecule has 0 amide bonds. The molecule has 0 aromatic carbocycles. The number of nitrogens with one attached hydrogen (secondary N) is 1. The fourth-order valence-corrected chi connectivity index (χ4v) is 2.05. The molecular weight excluding hydrogens is 252 g/mol. The second-order valence-electron chi connectivity index (χ2n) is 4.95. The van der Waals surface area contributed by atoms with Crippen molar-refractivity contribution in [2.75, 3.05) is 30.4 Å². The van der Waals surface area contributed by atoms with Gasteiger partial charge in [-0.3, -0.25) is 0 Å². The maximum Gasteiger partial charge on any atom is 0.180 e. The first-order chi connectivity index (χ1) is 9.65. The molecular formula is C14H20N6. The first kappa shape index (κ1) is 14.1. The second kappa shape index (κ2) is 6.24. The van der Waals surface area contributed by atoms with Crippen LogP contribution in [0.4, 0.5) is 11.6 Å². The Hall–Kier alpha value is -2.29. The molecule has 2 rings (SSSR count). The van der Waals surface area contributed by atoms with Crippen molar-refractivity contribution >= 4 is 17.3 Å². The zero-order chi connectivity index (χ0) is 14.5. The van der Waals surface area contributed by atoms with Crippen molar-refractivity contribution < 1.29 is 0 Å². The summed E-state index contributed by atoms with van der Waals surface area (Å²) in [4.78, 5) is 10.9. The van der Waals surface area contributed by atoms with Gasteiger partial charge in [-0.1, -0.05) is 6.92 Å².